The number of rotatable bonds is 34. The average Bonchev–Trinajstić information content (AvgIpc) is 3.09. The van der Waals surface area contributed by atoms with Crippen molar-refractivity contribution in [3.8, 4) is 0 Å². The smallest absolute Gasteiger partial charge is 0.339 e. The first-order valence-electron chi connectivity index (χ1n) is 20.3. The quantitative estimate of drug-likeness (QED) is 0.0536. The molecule has 0 unspecified atom stereocenters. The number of nitrogens with zero attached hydrogens (tertiary/aromatic N) is 2. The van der Waals surface area contributed by atoms with Gasteiger partial charge in [0.15, 0.2) is 0 Å². The van der Waals surface area contributed by atoms with Gasteiger partial charge in [0.25, 0.3) is 0 Å². The fraction of sp³-hybridized carbons (Fsp3) is 0.810. The van der Waals surface area contributed by atoms with Gasteiger partial charge in [0.05, 0.1) is 24.3 Å². The molecule has 0 aliphatic heterocycles. The lowest BCUT2D eigenvalue weighted by Gasteiger charge is -2.16. The maximum atomic E-state index is 12.8. The molecule has 0 atom stereocenters. The maximum Gasteiger partial charge on any atom is 0.339 e. The van der Waals surface area contributed by atoms with Gasteiger partial charge in [0, 0.05) is 0 Å². The molecule has 0 heterocycles. The number of hydrogen-bond acceptors (Lipinski definition) is 6. The van der Waals surface area contributed by atoms with Crippen molar-refractivity contribution < 1.29 is 19.1 Å². The van der Waals surface area contributed by atoms with Crippen LogP contribution in [0.15, 0.2) is 24.3 Å². The van der Waals surface area contributed by atoms with Crippen molar-refractivity contribution in [2.75, 3.05) is 53.5 Å². The van der Waals surface area contributed by atoms with Gasteiger partial charge in [-0.2, -0.15) is 0 Å². The van der Waals surface area contributed by atoms with Crippen molar-refractivity contribution in [1.29, 1.82) is 0 Å². The molecule has 0 radical (unpaired) electrons. The Balaban J connectivity index is 2.11. The first-order chi connectivity index (χ1) is 23.5. The van der Waals surface area contributed by atoms with E-state index in [-0.39, 0.29) is 11.1 Å². The Morgan fingerprint density at radius 2 is 0.708 bits per heavy atom. The van der Waals surface area contributed by atoms with Crippen LogP contribution in [0.2, 0.25) is 0 Å². The fourth-order valence-corrected chi connectivity index (χ4v) is 6.25. The molecule has 1 aromatic rings. The van der Waals surface area contributed by atoms with Crippen molar-refractivity contribution in [3.05, 3.63) is 35.4 Å². The number of esters is 2. The van der Waals surface area contributed by atoms with E-state index in [0.717, 1.165) is 51.9 Å². The van der Waals surface area contributed by atoms with Crippen molar-refractivity contribution in [3.63, 3.8) is 0 Å². The van der Waals surface area contributed by atoms with Crippen LogP contribution in [0, 0.1) is 0 Å². The monoisotopic (exact) mass is 673 g/mol. The minimum Gasteiger partial charge on any atom is -0.462 e. The number of hydrogen-bond donors (Lipinski definition) is 0. The van der Waals surface area contributed by atoms with E-state index in [0.29, 0.717) is 13.2 Å². The maximum absolute atomic E-state index is 12.8. The van der Waals surface area contributed by atoms with Gasteiger partial charge in [0.1, 0.15) is 0 Å². The Bertz CT molecular complexity index is 821. The van der Waals surface area contributed by atoms with Crippen LogP contribution in [0.5, 0.6) is 0 Å². The van der Waals surface area contributed by atoms with Crippen molar-refractivity contribution in [1.82, 2.24) is 9.80 Å². The minimum absolute atomic E-state index is 0.289. The van der Waals surface area contributed by atoms with Gasteiger partial charge in [-0.05, 0) is 90.9 Å². The molecule has 0 spiro atoms. The summed E-state index contributed by atoms with van der Waals surface area (Å²) in [4.78, 5) is 30.4. The third-order valence-electron chi connectivity index (χ3n) is 9.49. The molecule has 278 valence electrons. The van der Waals surface area contributed by atoms with Gasteiger partial charge in [-0.25, -0.2) is 9.59 Å². The van der Waals surface area contributed by atoms with Crippen LogP contribution in [0.3, 0.4) is 0 Å². The number of ether oxygens (including phenoxy) is 2. The molecule has 0 saturated heterocycles. The van der Waals surface area contributed by atoms with Gasteiger partial charge in [-0.1, -0.05) is 142 Å². The highest BCUT2D eigenvalue weighted by Gasteiger charge is 2.19. The fourth-order valence-electron chi connectivity index (χ4n) is 6.25. The zero-order valence-electron chi connectivity index (χ0n) is 32.1. The number of benzene rings is 1. The first-order valence-corrected chi connectivity index (χ1v) is 20.3. The molecule has 0 saturated carbocycles. The predicted octanol–water partition coefficient (Wildman–Crippen LogP) is 11.3. The first kappa shape index (κ1) is 44.1. The van der Waals surface area contributed by atoms with E-state index >= 15 is 0 Å². The molecule has 6 nitrogen and oxygen atoms in total. The van der Waals surface area contributed by atoms with Crippen molar-refractivity contribution in [2.45, 2.75) is 168 Å². The highest BCUT2D eigenvalue weighted by atomic mass is 16.5. The standard InChI is InChI=1S/C42H76N2O4/c1-5-7-9-11-13-15-17-19-21-25-33-43(3)35-27-29-37-47-41(45)39-31-23-24-32-40(39)42(46)48-38-30-28-36-44(4)34-26-22-20-18-16-14-12-10-8-6-2/h23-24,31-32H,5-22,25-30,33-38H2,1-4H3. The number of carbonyl (C=O) groups is 2. The van der Waals surface area contributed by atoms with E-state index in [2.05, 4.69) is 37.7 Å². The lowest BCUT2D eigenvalue weighted by molar-refractivity contribution is 0.0448. The third-order valence-corrected chi connectivity index (χ3v) is 9.49. The minimum atomic E-state index is -0.449. The second kappa shape index (κ2) is 32.3. The zero-order chi connectivity index (χ0) is 34.9. The molecular weight excluding hydrogens is 596 g/mol. The molecule has 1 aromatic carbocycles. The summed E-state index contributed by atoms with van der Waals surface area (Å²) in [5.41, 5.74) is 0.577. The van der Waals surface area contributed by atoms with Gasteiger partial charge >= 0.3 is 11.9 Å². The summed E-state index contributed by atoms with van der Waals surface area (Å²) < 4.78 is 11.1. The zero-order valence-corrected chi connectivity index (χ0v) is 32.1. The molecule has 48 heavy (non-hydrogen) atoms. The molecule has 0 aliphatic rings. The number of unbranched alkanes of at least 4 members (excludes halogenated alkanes) is 20. The van der Waals surface area contributed by atoms with E-state index in [1.54, 1.807) is 24.3 Å². The van der Waals surface area contributed by atoms with Gasteiger partial charge in [-0.3, -0.25) is 0 Å². The second-order valence-corrected chi connectivity index (χ2v) is 14.2. The summed E-state index contributed by atoms with van der Waals surface area (Å²) in [5.74, 6) is -0.898. The van der Waals surface area contributed by atoms with Crippen molar-refractivity contribution >= 4 is 11.9 Å². The summed E-state index contributed by atoms with van der Waals surface area (Å²) >= 11 is 0. The SMILES string of the molecule is CCCCCCCCCCCCN(C)CCCCOC(=O)c1ccccc1C(=O)OCCCCN(C)CCCCCCCCCCCC. The van der Waals surface area contributed by atoms with Crippen LogP contribution in [-0.4, -0.2) is 75.2 Å². The Morgan fingerprint density at radius 1 is 0.438 bits per heavy atom. The highest BCUT2D eigenvalue weighted by Crippen LogP contribution is 2.14. The normalized spacial score (nSPS) is 11.5. The average molecular weight is 673 g/mol. The van der Waals surface area contributed by atoms with Gasteiger partial charge < -0.3 is 19.3 Å². The van der Waals surface area contributed by atoms with Crippen LogP contribution >= 0.6 is 0 Å². The molecule has 0 bridgehead atoms. The van der Waals surface area contributed by atoms with E-state index in [1.807, 2.05) is 0 Å². The van der Waals surface area contributed by atoms with Gasteiger partial charge in [0.2, 0.25) is 0 Å². The van der Waals surface area contributed by atoms with Crippen LogP contribution in [0.4, 0.5) is 0 Å². The van der Waals surface area contributed by atoms with Crippen LogP contribution in [0.25, 0.3) is 0 Å². The summed E-state index contributed by atoms with van der Waals surface area (Å²) in [6.45, 7) is 9.54. The molecular formula is C42H76N2O4. The molecule has 0 aliphatic carbocycles. The lowest BCUT2D eigenvalue weighted by atomic mass is 10.1. The van der Waals surface area contributed by atoms with E-state index in [9.17, 15) is 9.59 Å². The van der Waals surface area contributed by atoms with Crippen LogP contribution in [0.1, 0.15) is 189 Å². The summed E-state index contributed by atoms with van der Waals surface area (Å²) in [6, 6.07) is 6.84. The summed E-state index contributed by atoms with van der Waals surface area (Å²) in [6.07, 6.45) is 30.8. The molecule has 6 heteroatoms. The highest BCUT2D eigenvalue weighted by molar-refractivity contribution is 6.03. The lowest BCUT2D eigenvalue weighted by Crippen LogP contribution is -2.21. The largest absolute Gasteiger partial charge is 0.462 e. The Kier molecular flexibility index (Phi) is 29.7. The van der Waals surface area contributed by atoms with Gasteiger partial charge in [-0.15, -0.1) is 0 Å². The summed E-state index contributed by atoms with van der Waals surface area (Å²) in [5, 5.41) is 0. The van der Waals surface area contributed by atoms with E-state index in [1.165, 1.54) is 128 Å². The summed E-state index contributed by atoms with van der Waals surface area (Å²) in [7, 11) is 4.36. The van der Waals surface area contributed by atoms with E-state index < -0.39 is 11.9 Å². The van der Waals surface area contributed by atoms with Crippen LogP contribution in [-0.2, 0) is 9.47 Å². The predicted molar refractivity (Wildman–Crippen MR) is 204 cm³/mol. The van der Waals surface area contributed by atoms with Crippen molar-refractivity contribution in [2.24, 2.45) is 0 Å². The Labute approximate surface area is 297 Å². The Morgan fingerprint density at radius 3 is 1.02 bits per heavy atom. The van der Waals surface area contributed by atoms with E-state index in [4.69, 9.17) is 9.47 Å². The number of carbonyl (C=O) groups excluding carboxylic acids is 2. The molecule has 0 fully saturated rings. The molecule has 0 amide bonds. The second-order valence-electron chi connectivity index (χ2n) is 14.2. The van der Waals surface area contributed by atoms with Crippen LogP contribution < -0.4 is 0 Å². The third kappa shape index (κ3) is 25.1. The molecule has 0 aromatic heterocycles. The topological polar surface area (TPSA) is 59.1 Å². The molecule has 1 rings (SSSR count). The Hall–Kier alpha value is -1.92. The molecule has 0 N–H and O–H groups in total.